The lowest BCUT2D eigenvalue weighted by Gasteiger charge is -2.24. The van der Waals surface area contributed by atoms with Gasteiger partial charge in [-0.2, -0.15) is 0 Å². The van der Waals surface area contributed by atoms with E-state index in [0.717, 1.165) is 11.1 Å². The molecule has 27 heteroatoms. The van der Waals surface area contributed by atoms with Gasteiger partial charge in [-0.1, -0.05) is 100 Å². The predicted octanol–water partition coefficient (Wildman–Crippen LogP) is 9.80. The second kappa shape index (κ2) is 42.1. The van der Waals surface area contributed by atoms with Crippen LogP contribution in [0, 0.1) is 24.7 Å². The number of ketones is 3. The summed E-state index contributed by atoms with van der Waals surface area (Å²) in [6.07, 6.45) is 4.88. The average molecular weight is 1460 g/mol. The van der Waals surface area contributed by atoms with Gasteiger partial charge < -0.3 is 73.9 Å². The third-order valence-electron chi connectivity index (χ3n) is 17.7. The highest BCUT2D eigenvalue weighted by molar-refractivity contribution is 6.05. The van der Waals surface area contributed by atoms with E-state index in [4.69, 9.17) is 37.9 Å². The van der Waals surface area contributed by atoms with Crippen LogP contribution in [0.5, 0.6) is 17.2 Å². The van der Waals surface area contributed by atoms with Crippen molar-refractivity contribution in [2.45, 2.75) is 164 Å². The Morgan fingerprint density at radius 1 is 0.552 bits per heavy atom. The van der Waals surface area contributed by atoms with E-state index in [1.807, 2.05) is 27.7 Å². The minimum Gasteiger partial charge on any atom is -0.493 e. The summed E-state index contributed by atoms with van der Waals surface area (Å²) in [4.78, 5) is 136. The van der Waals surface area contributed by atoms with Crippen molar-refractivity contribution in [3.63, 3.8) is 0 Å². The number of methoxy groups -OCH3 is 2. The Bertz CT molecular complexity index is 3740. The van der Waals surface area contributed by atoms with Crippen LogP contribution < -0.4 is 40.8 Å². The quantitative estimate of drug-likeness (QED) is 0.0123. The maximum atomic E-state index is 14.3. The third kappa shape index (κ3) is 26.0. The number of aryl methyl sites for hydroxylation is 1. The van der Waals surface area contributed by atoms with Crippen molar-refractivity contribution in [3.8, 4) is 17.2 Å². The van der Waals surface area contributed by atoms with Gasteiger partial charge in [-0.3, -0.25) is 44.2 Å². The number of hydrogen-bond donors (Lipinski definition) is 7. The van der Waals surface area contributed by atoms with Gasteiger partial charge in [0.05, 0.1) is 100 Å². The number of anilines is 2. The molecule has 0 saturated heterocycles. The fraction of sp³-hybridized carbons (Fsp3) is 0.487. The van der Waals surface area contributed by atoms with Gasteiger partial charge in [-0.05, 0) is 119 Å². The van der Waals surface area contributed by atoms with E-state index in [1.165, 1.54) is 35.1 Å². The second-order valence-corrected chi connectivity index (χ2v) is 26.9. The van der Waals surface area contributed by atoms with Gasteiger partial charge in [0.15, 0.2) is 23.1 Å². The van der Waals surface area contributed by atoms with E-state index in [0.29, 0.717) is 78.9 Å². The van der Waals surface area contributed by atoms with E-state index < -0.39 is 72.1 Å². The van der Waals surface area contributed by atoms with Crippen molar-refractivity contribution in [2.75, 3.05) is 77.7 Å². The molecular weight excluding hydrogens is 1350 g/mol. The van der Waals surface area contributed by atoms with Crippen LogP contribution in [-0.2, 0) is 73.7 Å². The Kier molecular flexibility index (Phi) is 33.7. The average Bonchev–Trinajstić information content (AvgIpc) is 1.77. The summed E-state index contributed by atoms with van der Waals surface area (Å²) in [6, 6.07) is 16.0. The van der Waals surface area contributed by atoms with Crippen LogP contribution in [0.25, 0.3) is 0 Å². The number of carbonyl (C=O) groups is 10. The third-order valence-corrected chi connectivity index (χ3v) is 17.7. The number of rotatable bonds is 42. The normalized spacial score (nSPS) is 15.1. The summed E-state index contributed by atoms with van der Waals surface area (Å²) < 4.78 is 44.8. The van der Waals surface area contributed by atoms with Crippen LogP contribution in [0.4, 0.5) is 25.8 Å². The molecule has 7 N–H and O–H groups in total. The highest BCUT2D eigenvalue weighted by Gasteiger charge is 2.34. The Labute approximate surface area is 614 Å². The number of aliphatic hydroxyl groups excluding tert-OH is 2. The first-order valence-corrected chi connectivity index (χ1v) is 35.3. The molecule has 6 rings (SSSR count). The summed E-state index contributed by atoms with van der Waals surface area (Å²) in [5.41, 5.74) is 5.13. The van der Waals surface area contributed by atoms with E-state index in [-0.39, 0.29) is 148 Å². The minimum absolute atomic E-state index is 0.00768. The molecule has 570 valence electrons. The number of aliphatic hydroxyl groups is 2. The highest BCUT2D eigenvalue weighted by atomic mass is 16.6. The first-order valence-electron chi connectivity index (χ1n) is 35.3. The number of nitrogens with one attached hydrogen (secondary N) is 5. The molecule has 0 unspecified atom stereocenters. The minimum atomic E-state index is -0.951. The topological polar surface area (TPSA) is 352 Å². The smallest absolute Gasteiger partial charge is 0.411 e. The molecule has 2 aliphatic heterocycles. The van der Waals surface area contributed by atoms with Crippen LogP contribution in [0.3, 0.4) is 0 Å². The van der Waals surface area contributed by atoms with Gasteiger partial charge in [0, 0.05) is 63.2 Å². The van der Waals surface area contributed by atoms with Crippen LogP contribution in [0.1, 0.15) is 149 Å². The van der Waals surface area contributed by atoms with Crippen molar-refractivity contribution < 1.29 is 96.1 Å². The zero-order valence-electron chi connectivity index (χ0n) is 62.1. The number of hydrogen-bond acceptors (Lipinski definition) is 20. The molecule has 105 heavy (non-hydrogen) atoms. The van der Waals surface area contributed by atoms with Crippen LogP contribution in [0.2, 0.25) is 0 Å². The van der Waals surface area contributed by atoms with Crippen LogP contribution in [-0.4, -0.2) is 177 Å². The number of carbonyl (C=O) groups excluding carboxylic acids is 10. The molecular formula is C78H103N7O20. The Hall–Kier alpha value is -9.96. The SMILES string of the molecule is C=CCOC(=O)N[C@@H](C(=O)N[C@H](C)C(=O)Cc1ccc(COC(=O)Nc2cc(OCCCCCOc3cc(NC(=O)OCc4ccc(CC(=O)[C@@H](C)NC(=O)[C@H](CC(=O)CCOCCOC)C(C)C)cc4)c(C(=O)N4C=C(C)C[C@H]4CO)cc3C)c(OC)cc2C(=O)N2C=C(C)C[C@H]2CO)cc1)C(C)C. The summed E-state index contributed by atoms with van der Waals surface area (Å²) in [7, 11) is 2.97. The molecule has 0 bridgehead atoms. The zero-order valence-corrected chi connectivity index (χ0v) is 62.1. The van der Waals surface area contributed by atoms with Gasteiger partial charge in [0.25, 0.3) is 11.8 Å². The van der Waals surface area contributed by atoms with Crippen molar-refractivity contribution in [3.05, 3.63) is 148 Å². The molecule has 0 radical (unpaired) electrons. The van der Waals surface area contributed by atoms with E-state index >= 15 is 0 Å². The molecule has 0 aromatic heterocycles. The lowest BCUT2D eigenvalue weighted by Crippen LogP contribution is -2.53. The van der Waals surface area contributed by atoms with Crippen molar-refractivity contribution in [1.29, 1.82) is 0 Å². The molecule has 6 atom stereocenters. The number of Topliss-reactive ketones (excluding diaryl/α,β-unsaturated/α-hetero) is 3. The molecule has 0 aliphatic carbocycles. The van der Waals surface area contributed by atoms with Crippen LogP contribution >= 0.6 is 0 Å². The molecule has 0 saturated carbocycles. The van der Waals surface area contributed by atoms with Gasteiger partial charge in [0.2, 0.25) is 11.8 Å². The van der Waals surface area contributed by atoms with Crippen molar-refractivity contribution in [2.24, 2.45) is 17.8 Å². The van der Waals surface area contributed by atoms with Gasteiger partial charge in [0.1, 0.15) is 37.4 Å². The Morgan fingerprint density at radius 3 is 1.51 bits per heavy atom. The van der Waals surface area contributed by atoms with Crippen molar-refractivity contribution in [1.82, 2.24) is 25.8 Å². The number of ether oxygens (including phenoxy) is 8. The Morgan fingerprint density at radius 2 is 1.04 bits per heavy atom. The monoisotopic (exact) mass is 1460 g/mol. The molecule has 4 aromatic rings. The largest absolute Gasteiger partial charge is 0.493 e. The molecule has 7 amide bonds. The Balaban J connectivity index is 1.04. The zero-order chi connectivity index (χ0) is 76.9. The summed E-state index contributed by atoms with van der Waals surface area (Å²) in [5.74, 6) is -2.85. The number of unbranched alkanes of at least 4 members (excludes halogenated alkanes) is 2. The maximum absolute atomic E-state index is 14.3. The lowest BCUT2D eigenvalue weighted by molar-refractivity contribution is -0.133. The number of benzene rings is 4. The molecule has 0 fully saturated rings. The van der Waals surface area contributed by atoms with E-state index in [9.17, 15) is 58.2 Å². The second-order valence-electron chi connectivity index (χ2n) is 26.9. The van der Waals surface area contributed by atoms with Crippen LogP contribution in [0.15, 0.2) is 109 Å². The van der Waals surface area contributed by atoms with Crippen molar-refractivity contribution >= 4 is 70.6 Å². The van der Waals surface area contributed by atoms with E-state index in [2.05, 4.69) is 33.2 Å². The molecule has 2 aliphatic rings. The summed E-state index contributed by atoms with van der Waals surface area (Å²) in [6.45, 7) is 19.7. The lowest BCUT2D eigenvalue weighted by atomic mass is 9.88. The number of amides is 7. The van der Waals surface area contributed by atoms with Gasteiger partial charge in [-0.15, -0.1) is 0 Å². The molecule has 27 nitrogen and oxygen atoms in total. The summed E-state index contributed by atoms with van der Waals surface area (Å²) in [5, 5.41) is 33.8. The predicted molar refractivity (Wildman–Crippen MR) is 392 cm³/mol. The fourth-order valence-corrected chi connectivity index (χ4v) is 11.6. The summed E-state index contributed by atoms with van der Waals surface area (Å²) >= 11 is 0. The first-order chi connectivity index (χ1) is 50.2. The molecule has 0 spiro atoms. The standard InChI is InChI=1S/C78H103N7O20/c1-13-26-103-78(97)83-71(48(4)5)73(92)80-53(10)67(90)36-55-19-23-57(24-20-55)46-105-77(96)82-65-40-70(69(99-12)38-63(65)75(94)85-42-50(7)33-59(85)44-87)102-28-16-14-15-27-101-68-39-64(62(34-51(68)8)74(93)84-41-49(6)32-58(84)43-86)81-76(95)104-45-56-21-17-54(18-22-56)35-66(89)52(9)79-72(91)61(47(2)3)37-60(88)25-29-100-31-30-98-11/h13,17-24,34,38-42,47-48,52-53,58-59,61,71,86-87H,1,14-16,25-33,35-37,43-46H2,2-12H3,(H,79,91)(H,80,92)(H,81,95)(H,82,96)(H,83,97)/t52-,53-,58+,59+,61-,71-/m1/s1. The van der Waals surface area contributed by atoms with E-state index in [1.54, 1.807) is 115 Å². The first kappa shape index (κ1) is 84.0. The van der Waals surface area contributed by atoms with Gasteiger partial charge in [-0.25, -0.2) is 14.4 Å². The van der Waals surface area contributed by atoms with Gasteiger partial charge >= 0.3 is 18.3 Å². The molecule has 4 aromatic carbocycles. The highest BCUT2D eigenvalue weighted by Crippen LogP contribution is 2.37. The number of alkyl carbamates (subject to hydrolysis) is 1. The fourth-order valence-electron chi connectivity index (χ4n) is 11.6. The maximum Gasteiger partial charge on any atom is 0.411 e. The number of nitrogens with zero attached hydrogens (tertiary/aromatic N) is 2. The molecule has 2 heterocycles.